The van der Waals surface area contributed by atoms with Gasteiger partial charge in [-0.1, -0.05) is 37.0 Å². The third-order valence-electron chi connectivity index (χ3n) is 5.49. The Kier molecular flexibility index (Phi) is 5.37. The Hall–Kier alpha value is -1.89. The van der Waals surface area contributed by atoms with Crippen molar-refractivity contribution in [3.05, 3.63) is 29.8 Å². The van der Waals surface area contributed by atoms with Crippen LogP contribution in [0.3, 0.4) is 0 Å². The van der Waals surface area contributed by atoms with Crippen molar-refractivity contribution in [2.75, 3.05) is 7.05 Å². The molecule has 0 N–H and O–H groups in total. The highest BCUT2D eigenvalue weighted by Crippen LogP contribution is 2.30. The van der Waals surface area contributed by atoms with E-state index in [1.165, 1.54) is 18.6 Å². The fourth-order valence-electron chi connectivity index (χ4n) is 3.89. The summed E-state index contributed by atoms with van der Waals surface area (Å²) >= 11 is 0. The number of hydrogen-bond donors (Lipinski definition) is 0. The zero-order valence-electron chi connectivity index (χ0n) is 15.3. The normalized spacial score (nSPS) is 21.8. The topological polar surface area (TPSA) is 74.8 Å². The van der Waals surface area contributed by atoms with Gasteiger partial charge in [0.05, 0.1) is 4.90 Å². The molecule has 1 saturated heterocycles. The quantitative estimate of drug-likeness (QED) is 0.807. The molecule has 2 amide bonds. The first-order valence-corrected chi connectivity index (χ1v) is 10.7. The van der Waals surface area contributed by atoms with Crippen LogP contribution in [0.15, 0.2) is 29.2 Å². The van der Waals surface area contributed by atoms with Crippen LogP contribution in [0.25, 0.3) is 0 Å². The summed E-state index contributed by atoms with van der Waals surface area (Å²) in [5.41, 5.74) is 0.932. The standard InChI is InChI=1S/C19H26N2O4S/c1-14-8-10-16(11-9-14)26(24,25)21-17(12-13-18(21)22)19(23)20(2)15-6-4-3-5-7-15/h8-11,15,17H,3-7,12-13H2,1-2H3/t17-/m1/s1. The van der Waals surface area contributed by atoms with Crippen molar-refractivity contribution in [1.82, 2.24) is 9.21 Å². The number of nitrogens with zero attached hydrogens (tertiary/aromatic N) is 2. The second-order valence-electron chi connectivity index (χ2n) is 7.30. The van der Waals surface area contributed by atoms with Gasteiger partial charge in [0, 0.05) is 19.5 Å². The molecule has 1 saturated carbocycles. The van der Waals surface area contributed by atoms with Crippen LogP contribution in [0.4, 0.5) is 0 Å². The predicted octanol–water partition coefficient (Wildman–Crippen LogP) is 2.47. The molecular weight excluding hydrogens is 352 g/mol. The van der Waals surface area contributed by atoms with E-state index in [1.54, 1.807) is 24.1 Å². The third-order valence-corrected chi connectivity index (χ3v) is 7.34. The molecular formula is C19H26N2O4S. The summed E-state index contributed by atoms with van der Waals surface area (Å²) in [6, 6.07) is 5.57. The van der Waals surface area contributed by atoms with Gasteiger partial charge < -0.3 is 4.90 Å². The Bertz CT molecular complexity index is 782. The van der Waals surface area contributed by atoms with Gasteiger partial charge in [-0.2, -0.15) is 0 Å². The second kappa shape index (κ2) is 7.39. The van der Waals surface area contributed by atoms with Gasteiger partial charge in [-0.15, -0.1) is 0 Å². The van der Waals surface area contributed by atoms with Crippen molar-refractivity contribution in [2.24, 2.45) is 0 Å². The van der Waals surface area contributed by atoms with Crippen molar-refractivity contribution in [2.45, 2.75) is 68.8 Å². The molecule has 1 aliphatic carbocycles. The lowest BCUT2D eigenvalue weighted by Crippen LogP contribution is -2.50. The number of hydrogen-bond acceptors (Lipinski definition) is 4. The first kappa shape index (κ1) is 18.9. The van der Waals surface area contributed by atoms with E-state index in [4.69, 9.17) is 0 Å². The van der Waals surface area contributed by atoms with Crippen molar-refractivity contribution in [3.8, 4) is 0 Å². The molecule has 3 rings (SSSR count). The van der Waals surface area contributed by atoms with E-state index in [1.807, 2.05) is 6.92 Å². The van der Waals surface area contributed by atoms with Gasteiger partial charge in [-0.05, 0) is 38.3 Å². The fourth-order valence-corrected chi connectivity index (χ4v) is 5.49. The summed E-state index contributed by atoms with van der Waals surface area (Å²) in [4.78, 5) is 27.1. The van der Waals surface area contributed by atoms with Gasteiger partial charge >= 0.3 is 0 Å². The Balaban J connectivity index is 1.86. The van der Waals surface area contributed by atoms with Gasteiger partial charge in [0.2, 0.25) is 11.8 Å². The molecule has 0 unspecified atom stereocenters. The van der Waals surface area contributed by atoms with Crippen LogP contribution in [-0.4, -0.2) is 48.6 Å². The molecule has 1 aromatic rings. The van der Waals surface area contributed by atoms with Crippen molar-refractivity contribution < 1.29 is 18.0 Å². The number of carbonyl (C=O) groups excluding carboxylic acids is 2. The van der Waals surface area contributed by atoms with E-state index in [2.05, 4.69) is 0 Å². The maximum Gasteiger partial charge on any atom is 0.267 e. The van der Waals surface area contributed by atoms with E-state index in [-0.39, 0.29) is 29.7 Å². The first-order valence-electron chi connectivity index (χ1n) is 9.23. The molecule has 1 atom stereocenters. The van der Waals surface area contributed by atoms with Crippen LogP contribution < -0.4 is 0 Å². The first-order chi connectivity index (χ1) is 12.3. The Morgan fingerprint density at radius 1 is 1.08 bits per heavy atom. The van der Waals surface area contributed by atoms with Gasteiger partial charge in [0.25, 0.3) is 10.0 Å². The Labute approximate surface area is 155 Å². The molecule has 1 heterocycles. The van der Waals surface area contributed by atoms with E-state index in [0.717, 1.165) is 35.6 Å². The average Bonchev–Trinajstić information content (AvgIpc) is 3.04. The summed E-state index contributed by atoms with van der Waals surface area (Å²) in [5, 5.41) is 0. The van der Waals surface area contributed by atoms with E-state index in [9.17, 15) is 18.0 Å². The largest absolute Gasteiger partial charge is 0.341 e. The number of benzene rings is 1. The average molecular weight is 378 g/mol. The molecule has 1 aliphatic heterocycles. The van der Waals surface area contributed by atoms with E-state index < -0.39 is 22.0 Å². The predicted molar refractivity (Wildman–Crippen MR) is 97.9 cm³/mol. The van der Waals surface area contributed by atoms with Crippen LogP contribution in [0, 0.1) is 6.92 Å². The van der Waals surface area contributed by atoms with Crippen LogP contribution in [0.1, 0.15) is 50.5 Å². The number of rotatable bonds is 4. The number of likely N-dealkylation sites (N-methyl/N-ethyl adjacent to an activating group) is 1. The minimum atomic E-state index is -4.03. The molecule has 142 valence electrons. The summed E-state index contributed by atoms with van der Waals surface area (Å²) in [6.07, 6.45) is 5.55. The zero-order valence-corrected chi connectivity index (χ0v) is 16.2. The lowest BCUT2D eigenvalue weighted by Gasteiger charge is -2.34. The third kappa shape index (κ3) is 3.49. The van der Waals surface area contributed by atoms with Crippen molar-refractivity contribution >= 4 is 21.8 Å². The summed E-state index contributed by atoms with van der Waals surface area (Å²) < 4.78 is 26.8. The minimum Gasteiger partial charge on any atom is -0.341 e. The number of carbonyl (C=O) groups is 2. The molecule has 0 spiro atoms. The van der Waals surface area contributed by atoms with Crippen LogP contribution in [0.2, 0.25) is 0 Å². The fraction of sp³-hybridized carbons (Fsp3) is 0.579. The van der Waals surface area contributed by atoms with Crippen molar-refractivity contribution in [1.29, 1.82) is 0 Å². The lowest BCUT2D eigenvalue weighted by atomic mass is 9.94. The van der Waals surface area contributed by atoms with Crippen LogP contribution in [-0.2, 0) is 19.6 Å². The highest BCUT2D eigenvalue weighted by molar-refractivity contribution is 7.89. The molecule has 6 nitrogen and oxygen atoms in total. The molecule has 7 heteroatoms. The van der Waals surface area contributed by atoms with Gasteiger partial charge in [0.1, 0.15) is 6.04 Å². The Morgan fingerprint density at radius 2 is 1.69 bits per heavy atom. The van der Waals surface area contributed by atoms with Gasteiger partial charge in [0.15, 0.2) is 0 Å². The Morgan fingerprint density at radius 3 is 2.31 bits per heavy atom. The zero-order chi connectivity index (χ0) is 18.9. The van der Waals surface area contributed by atoms with Crippen molar-refractivity contribution in [3.63, 3.8) is 0 Å². The molecule has 0 aromatic heterocycles. The van der Waals surface area contributed by atoms with Crippen LogP contribution >= 0.6 is 0 Å². The lowest BCUT2D eigenvalue weighted by molar-refractivity contribution is -0.138. The van der Waals surface area contributed by atoms with Crippen LogP contribution in [0.5, 0.6) is 0 Å². The highest BCUT2D eigenvalue weighted by atomic mass is 32.2. The second-order valence-corrected chi connectivity index (χ2v) is 9.12. The maximum atomic E-state index is 13.0. The summed E-state index contributed by atoms with van der Waals surface area (Å²) in [7, 11) is -2.29. The van der Waals surface area contributed by atoms with Gasteiger partial charge in [-0.3, -0.25) is 9.59 Å². The molecule has 2 aliphatic rings. The summed E-state index contributed by atoms with van der Waals surface area (Å²) in [6.45, 7) is 1.86. The SMILES string of the molecule is Cc1ccc(S(=O)(=O)N2C(=O)CC[C@@H]2C(=O)N(C)C2CCCCC2)cc1. The molecule has 0 radical (unpaired) electrons. The monoisotopic (exact) mass is 378 g/mol. The number of amides is 2. The number of aryl methyl sites for hydroxylation is 1. The smallest absolute Gasteiger partial charge is 0.267 e. The highest BCUT2D eigenvalue weighted by Gasteiger charge is 2.45. The summed E-state index contributed by atoms with van der Waals surface area (Å²) in [5.74, 6) is -0.764. The molecule has 2 fully saturated rings. The number of sulfonamides is 1. The molecule has 0 bridgehead atoms. The molecule has 26 heavy (non-hydrogen) atoms. The van der Waals surface area contributed by atoms with E-state index >= 15 is 0 Å². The van der Waals surface area contributed by atoms with Gasteiger partial charge in [-0.25, -0.2) is 12.7 Å². The maximum absolute atomic E-state index is 13.0. The van der Waals surface area contributed by atoms with E-state index in [0.29, 0.717) is 0 Å². The minimum absolute atomic E-state index is 0.0523. The molecule has 1 aromatic carbocycles.